The van der Waals surface area contributed by atoms with Crippen LogP contribution in [0.3, 0.4) is 0 Å². The highest BCUT2D eigenvalue weighted by molar-refractivity contribution is 5.75. The highest BCUT2D eigenvalue weighted by atomic mass is 19.4. The molecule has 1 saturated heterocycles. The number of carboxylic acid groups (broad SMARTS) is 1. The van der Waals surface area contributed by atoms with Crippen LogP contribution in [0.5, 0.6) is 0 Å². The van der Waals surface area contributed by atoms with Gasteiger partial charge >= 0.3 is 18.2 Å². The van der Waals surface area contributed by atoms with Gasteiger partial charge in [-0.2, -0.15) is 13.2 Å². The third kappa shape index (κ3) is 5.64. The van der Waals surface area contributed by atoms with Crippen LogP contribution in [0.15, 0.2) is 0 Å². The van der Waals surface area contributed by atoms with Gasteiger partial charge in [0.05, 0.1) is 13.0 Å². The van der Waals surface area contributed by atoms with Crippen molar-refractivity contribution in [1.29, 1.82) is 0 Å². The molecule has 0 spiro atoms. The van der Waals surface area contributed by atoms with Crippen molar-refractivity contribution in [2.75, 3.05) is 46.3 Å². The van der Waals surface area contributed by atoms with Gasteiger partial charge in [0.15, 0.2) is 0 Å². The van der Waals surface area contributed by atoms with Crippen LogP contribution in [0.1, 0.15) is 6.42 Å². The zero-order chi connectivity index (χ0) is 15.3. The molecule has 1 fully saturated rings. The minimum atomic E-state index is -4.23. The molecule has 116 valence electrons. The number of hydrogen-bond acceptors (Lipinski definition) is 3. The normalized spacial score (nSPS) is 17.1. The molecule has 1 rings (SSSR count). The summed E-state index contributed by atoms with van der Waals surface area (Å²) in [5.74, 6) is -1.00. The first-order valence-corrected chi connectivity index (χ1v) is 6.20. The number of aliphatic carboxylic acids is 1. The average molecular weight is 297 g/mol. The lowest BCUT2D eigenvalue weighted by atomic mass is 10.3. The Morgan fingerprint density at radius 2 is 1.75 bits per heavy atom. The number of amides is 2. The molecule has 1 N–H and O–H groups in total. The number of halogens is 3. The standard InChI is InChI=1S/C11H18F3N3O3/c1-15(3-2-9(18)19)10(20)17-6-4-16(5-7-17)8-11(12,13)14/h2-8H2,1H3,(H,18,19). The topological polar surface area (TPSA) is 64.1 Å². The van der Waals surface area contributed by atoms with Gasteiger partial charge in [0.1, 0.15) is 0 Å². The summed E-state index contributed by atoms with van der Waals surface area (Å²) in [6, 6.07) is -0.349. The maximum absolute atomic E-state index is 12.2. The lowest BCUT2D eigenvalue weighted by Crippen LogP contribution is -2.53. The molecule has 0 aromatic heterocycles. The van der Waals surface area contributed by atoms with Gasteiger partial charge in [-0.15, -0.1) is 0 Å². The number of rotatable bonds is 4. The first-order valence-electron chi connectivity index (χ1n) is 6.20. The predicted molar refractivity (Wildman–Crippen MR) is 64.3 cm³/mol. The van der Waals surface area contributed by atoms with E-state index in [-0.39, 0.29) is 45.2 Å². The number of carbonyl (C=O) groups excluding carboxylic acids is 1. The van der Waals surface area contributed by atoms with Gasteiger partial charge in [0.2, 0.25) is 0 Å². The van der Waals surface area contributed by atoms with E-state index in [2.05, 4.69) is 0 Å². The highest BCUT2D eigenvalue weighted by Gasteiger charge is 2.33. The van der Waals surface area contributed by atoms with E-state index in [1.807, 2.05) is 0 Å². The number of carbonyl (C=O) groups is 2. The van der Waals surface area contributed by atoms with Crippen molar-refractivity contribution < 1.29 is 27.9 Å². The number of nitrogens with zero attached hydrogens (tertiary/aromatic N) is 3. The monoisotopic (exact) mass is 297 g/mol. The number of piperazine rings is 1. The number of alkyl halides is 3. The number of hydrogen-bond donors (Lipinski definition) is 1. The van der Waals surface area contributed by atoms with E-state index < -0.39 is 18.7 Å². The Bertz CT molecular complexity index is 355. The Morgan fingerprint density at radius 1 is 1.20 bits per heavy atom. The van der Waals surface area contributed by atoms with E-state index in [0.29, 0.717) is 0 Å². The van der Waals surface area contributed by atoms with Gasteiger partial charge in [-0.25, -0.2) is 4.79 Å². The minimum Gasteiger partial charge on any atom is -0.481 e. The van der Waals surface area contributed by atoms with E-state index in [1.165, 1.54) is 21.7 Å². The van der Waals surface area contributed by atoms with Crippen LogP contribution in [0, 0.1) is 0 Å². The zero-order valence-electron chi connectivity index (χ0n) is 11.2. The lowest BCUT2D eigenvalue weighted by molar-refractivity contribution is -0.148. The summed E-state index contributed by atoms with van der Waals surface area (Å²) in [5, 5.41) is 8.53. The van der Waals surface area contributed by atoms with Crippen LogP contribution in [-0.4, -0.2) is 84.3 Å². The lowest BCUT2D eigenvalue weighted by Gasteiger charge is -2.36. The molecule has 2 amide bonds. The Labute approximate surface area is 114 Å². The Morgan fingerprint density at radius 3 is 2.20 bits per heavy atom. The molecular formula is C11H18F3N3O3. The van der Waals surface area contributed by atoms with Gasteiger partial charge in [-0.1, -0.05) is 0 Å². The molecule has 0 unspecified atom stereocenters. The van der Waals surface area contributed by atoms with Gasteiger partial charge in [0, 0.05) is 39.8 Å². The van der Waals surface area contributed by atoms with E-state index in [1.54, 1.807) is 0 Å². The molecule has 0 atom stereocenters. The van der Waals surface area contributed by atoms with E-state index >= 15 is 0 Å². The maximum Gasteiger partial charge on any atom is 0.401 e. The first-order chi connectivity index (χ1) is 9.19. The fourth-order valence-electron chi connectivity index (χ4n) is 1.95. The Hall–Kier alpha value is -1.51. The van der Waals surface area contributed by atoms with Crippen LogP contribution in [-0.2, 0) is 4.79 Å². The van der Waals surface area contributed by atoms with Crippen LogP contribution >= 0.6 is 0 Å². The van der Waals surface area contributed by atoms with Crippen molar-refractivity contribution in [2.45, 2.75) is 12.6 Å². The van der Waals surface area contributed by atoms with Crippen molar-refractivity contribution in [2.24, 2.45) is 0 Å². The number of urea groups is 1. The van der Waals surface area contributed by atoms with Gasteiger partial charge in [0.25, 0.3) is 0 Å². The van der Waals surface area contributed by atoms with Crippen molar-refractivity contribution in [1.82, 2.24) is 14.7 Å². The molecule has 1 aliphatic heterocycles. The molecule has 1 aliphatic rings. The fraction of sp³-hybridized carbons (Fsp3) is 0.818. The van der Waals surface area contributed by atoms with Gasteiger partial charge in [-0.05, 0) is 0 Å². The molecule has 1 heterocycles. The molecule has 0 aliphatic carbocycles. The molecule has 9 heteroatoms. The number of carboxylic acids is 1. The average Bonchev–Trinajstić information content (AvgIpc) is 2.34. The van der Waals surface area contributed by atoms with Crippen molar-refractivity contribution >= 4 is 12.0 Å². The zero-order valence-corrected chi connectivity index (χ0v) is 11.2. The summed E-state index contributed by atoms with van der Waals surface area (Å²) in [4.78, 5) is 26.3. The third-order valence-corrected chi connectivity index (χ3v) is 3.03. The van der Waals surface area contributed by atoms with Crippen molar-refractivity contribution in [3.8, 4) is 0 Å². The second-order valence-corrected chi connectivity index (χ2v) is 4.73. The largest absolute Gasteiger partial charge is 0.481 e. The highest BCUT2D eigenvalue weighted by Crippen LogP contribution is 2.17. The second kappa shape index (κ2) is 6.78. The molecule has 0 radical (unpaired) electrons. The molecule has 20 heavy (non-hydrogen) atoms. The van der Waals surface area contributed by atoms with E-state index in [9.17, 15) is 22.8 Å². The second-order valence-electron chi connectivity index (χ2n) is 4.73. The SMILES string of the molecule is CN(CCC(=O)O)C(=O)N1CCN(CC(F)(F)F)CC1. The molecule has 6 nitrogen and oxygen atoms in total. The molecule has 0 aromatic carbocycles. The molecule has 0 aromatic rings. The van der Waals surface area contributed by atoms with Gasteiger partial charge < -0.3 is 14.9 Å². The Balaban J connectivity index is 2.37. The maximum atomic E-state index is 12.2. The van der Waals surface area contributed by atoms with Crippen LogP contribution in [0.2, 0.25) is 0 Å². The summed E-state index contributed by atoms with van der Waals surface area (Å²) < 4.78 is 36.6. The van der Waals surface area contributed by atoms with Crippen molar-refractivity contribution in [3.63, 3.8) is 0 Å². The molecular weight excluding hydrogens is 279 g/mol. The van der Waals surface area contributed by atoms with Crippen LogP contribution < -0.4 is 0 Å². The summed E-state index contributed by atoms with van der Waals surface area (Å²) in [5.41, 5.74) is 0. The summed E-state index contributed by atoms with van der Waals surface area (Å²) in [7, 11) is 1.48. The summed E-state index contributed by atoms with van der Waals surface area (Å²) >= 11 is 0. The fourth-order valence-corrected chi connectivity index (χ4v) is 1.95. The third-order valence-electron chi connectivity index (χ3n) is 3.03. The minimum absolute atomic E-state index is 0.0803. The summed E-state index contributed by atoms with van der Waals surface area (Å²) in [6.45, 7) is -0.129. The first kappa shape index (κ1) is 16.5. The van der Waals surface area contributed by atoms with Gasteiger partial charge in [-0.3, -0.25) is 9.69 Å². The van der Waals surface area contributed by atoms with Crippen molar-refractivity contribution in [3.05, 3.63) is 0 Å². The van der Waals surface area contributed by atoms with Crippen LogP contribution in [0.4, 0.5) is 18.0 Å². The summed E-state index contributed by atoms with van der Waals surface area (Å²) in [6.07, 6.45) is -4.39. The van der Waals surface area contributed by atoms with E-state index in [0.717, 1.165) is 0 Å². The molecule has 0 saturated carbocycles. The molecule has 0 bridgehead atoms. The predicted octanol–water partition coefficient (Wildman–Crippen LogP) is 0.693. The van der Waals surface area contributed by atoms with Crippen LogP contribution in [0.25, 0.3) is 0 Å². The van der Waals surface area contributed by atoms with E-state index in [4.69, 9.17) is 5.11 Å². The smallest absolute Gasteiger partial charge is 0.401 e. The Kier molecular flexibility index (Phi) is 5.61. The quantitative estimate of drug-likeness (QED) is 0.829.